The summed E-state index contributed by atoms with van der Waals surface area (Å²) in [5, 5.41) is 15.5. The normalized spacial score (nSPS) is 11.1. The third kappa shape index (κ3) is 2.55. The number of benzene rings is 1. The molecular formula is C18H17N5S. The molecule has 0 saturated carbocycles. The summed E-state index contributed by atoms with van der Waals surface area (Å²) in [4.78, 5) is 2.34. The Kier molecular flexibility index (Phi) is 3.54. The van der Waals surface area contributed by atoms with Gasteiger partial charge in [-0.2, -0.15) is 20.5 Å². The first-order chi connectivity index (χ1) is 11.6. The van der Waals surface area contributed by atoms with Gasteiger partial charge in [0.05, 0.1) is 22.0 Å². The summed E-state index contributed by atoms with van der Waals surface area (Å²) >= 11 is 1.72. The van der Waals surface area contributed by atoms with Gasteiger partial charge in [-0.05, 0) is 56.7 Å². The summed E-state index contributed by atoms with van der Waals surface area (Å²) in [6, 6.07) is 14.8. The number of nitrogens with one attached hydrogen (secondary N) is 1. The molecule has 120 valence electrons. The number of hydrogen-bond donors (Lipinski definition) is 1. The Balaban J connectivity index is 1.65. The SMILES string of the molecule is Cc1cc(C)n(-c2ccc(-c3ccc(-c4n[nH]nc4C)s3)cc2)n1. The zero-order chi connectivity index (χ0) is 16.7. The van der Waals surface area contributed by atoms with Crippen LogP contribution in [-0.2, 0) is 0 Å². The van der Waals surface area contributed by atoms with E-state index in [9.17, 15) is 0 Å². The predicted octanol–water partition coefficient (Wildman–Crippen LogP) is 4.31. The van der Waals surface area contributed by atoms with Crippen LogP contribution in [0, 0.1) is 20.8 Å². The molecule has 6 heteroatoms. The number of thiophene rings is 1. The lowest BCUT2D eigenvalue weighted by Gasteiger charge is -2.05. The molecule has 0 saturated heterocycles. The van der Waals surface area contributed by atoms with Crippen LogP contribution in [0.15, 0.2) is 42.5 Å². The molecule has 0 spiro atoms. The van der Waals surface area contributed by atoms with Gasteiger partial charge in [0.1, 0.15) is 5.69 Å². The number of aromatic nitrogens is 5. The van der Waals surface area contributed by atoms with Gasteiger partial charge in [0.25, 0.3) is 0 Å². The fraction of sp³-hybridized carbons (Fsp3) is 0.167. The molecular weight excluding hydrogens is 318 g/mol. The highest BCUT2D eigenvalue weighted by atomic mass is 32.1. The van der Waals surface area contributed by atoms with E-state index in [2.05, 4.69) is 69.9 Å². The molecule has 0 atom stereocenters. The molecule has 3 heterocycles. The summed E-state index contributed by atoms with van der Waals surface area (Å²) < 4.78 is 1.97. The van der Waals surface area contributed by atoms with Crippen molar-refractivity contribution in [2.24, 2.45) is 0 Å². The Morgan fingerprint density at radius 1 is 0.917 bits per heavy atom. The van der Waals surface area contributed by atoms with E-state index in [-0.39, 0.29) is 0 Å². The molecule has 4 aromatic rings. The first-order valence-corrected chi connectivity index (χ1v) is 8.55. The molecule has 4 rings (SSSR count). The van der Waals surface area contributed by atoms with Crippen molar-refractivity contribution in [1.29, 1.82) is 0 Å². The van der Waals surface area contributed by atoms with E-state index in [1.165, 1.54) is 10.4 Å². The maximum Gasteiger partial charge on any atom is 0.125 e. The largest absolute Gasteiger partial charge is 0.238 e. The molecule has 0 radical (unpaired) electrons. The molecule has 0 aliphatic carbocycles. The fourth-order valence-electron chi connectivity index (χ4n) is 2.79. The molecule has 5 nitrogen and oxygen atoms in total. The fourth-order valence-corrected chi connectivity index (χ4v) is 3.85. The van der Waals surface area contributed by atoms with Crippen LogP contribution in [0.5, 0.6) is 0 Å². The van der Waals surface area contributed by atoms with E-state index in [0.717, 1.165) is 33.3 Å². The summed E-state index contributed by atoms with van der Waals surface area (Å²) in [5.41, 5.74) is 6.28. The average Bonchev–Trinajstić information content (AvgIpc) is 3.27. The first kappa shape index (κ1) is 14.8. The molecule has 0 unspecified atom stereocenters. The van der Waals surface area contributed by atoms with Gasteiger partial charge in [0.2, 0.25) is 0 Å². The topological polar surface area (TPSA) is 59.4 Å². The van der Waals surface area contributed by atoms with Crippen LogP contribution in [0.1, 0.15) is 17.1 Å². The van der Waals surface area contributed by atoms with Crippen LogP contribution in [0.2, 0.25) is 0 Å². The highest BCUT2D eigenvalue weighted by molar-refractivity contribution is 7.18. The van der Waals surface area contributed by atoms with Crippen LogP contribution in [0.3, 0.4) is 0 Å². The van der Waals surface area contributed by atoms with Gasteiger partial charge < -0.3 is 0 Å². The van der Waals surface area contributed by atoms with E-state index in [0.29, 0.717) is 0 Å². The Morgan fingerprint density at radius 2 is 1.67 bits per heavy atom. The second-order valence-corrected chi connectivity index (χ2v) is 6.89. The zero-order valence-electron chi connectivity index (χ0n) is 13.7. The van der Waals surface area contributed by atoms with Gasteiger partial charge >= 0.3 is 0 Å². The number of H-pyrrole nitrogens is 1. The van der Waals surface area contributed by atoms with Crippen molar-refractivity contribution in [3.8, 4) is 26.7 Å². The number of aromatic amines is 1. The summed E-state index contributed by atoms with van der Waals surface area (Å²) in [6.07, 6.45) is 0. The second-order valence-electron chi connectivity index (χ2n) is 5.81. The Bertz CT molecular complexity index is 991. The van der Waals surface area contributed by atoms with Crippen LogP contribution >= 0.6 is 11.3 Å². The van der Waals surface area contributed by atoms with Crippen molar-refractivity contribution in [3.63, 3.8) is 0 Å². The standard InChI is InChI=1S/C18H17N5S/c1-11-10-12(2)23(21-11)15-6-4-14(5-7-15)16-8-9-17(24-16)18-13(3)19-22-20-18/h4-10H,1-3H3,(H,19,20,22). The number of aryl methyl sites for hydroxylation is 3. The molecule has 0 fully saturated rings. The lowest BCUT2D eigenvalue weighted by atomic mass is 10.1. The lowest BCUT2D eigenvalue weighted by molar-refractivity contribution is 0.834. The van der Waals surface area contributed by atoms with Gasteiger partial charge in [0, 0.05) is 10.6 Å². The van der Waals surface area contributed by atoms with Gasteiger partial charge in [-0.25, -0.2) is 4.68 Å². The highest BCUT2D eigenvalue weighted by Crippen LogP contribution is 2.34. The third-order valence-corrected chi connectivity index (χ3v) is 5.11. The maximum atomic E-state index is 4.53. The monoisotopic (exact) mass is 335 g/mol. The molecule has 0 aliphatic rings. The predicted molar refractivity (Wildman–Crippen MR) is 96.5 cm³/mol. The van der Waals surface area contributed by atoms with E-state index < -0.39 is 0 Å². The number of hydrogen-bond acceptors (Lipinski definition) is 4. The number of rotatable bonds is 3. The van der Waals surface area contributed by atoms with Crippen molar-refractivity contribution in [2.45, 2.75) is 20.8 Å². The van der Waals surface area contributed by atoms with Crippen LogP contribution < -0.4 is 0 Å². The Morgan fingerprint density at radius 3 is 2.29 bits per heavy atom. The van der Waals surface area contributed by atoms with Crippen molar-refractivity contribution in [3.05, 3.63) is 59.5 Å². The smallest absolute Gasteiger partial charge is 0.125 e. The molecule has 0 bridgehead atoms. The minimum atomic E-state index is 0.920. The van der Waals surface area contributed by atoms with Crippen molar-refractivity contribution in [1.82, 2.24) is 25.2 Å². The van der Waals surface area contributed by atoms with E-state index in [4.69, 9.17) is 0 Å². The van der Waals surface area contributed by atoms with Crippen molar-refractivity contribution in [2.75, 3.05) is 0 Å². The van der Waals surface area contributed by atoms with Crippen molar-refractivity contribution >= 4 is 11.3 Å². The number of nitrogens with zero attached hydrogens (tertiary/aromatic N) is 4. The molecule has 1 N–H and O–H groups in total. The molecule has 0 amide bonds. The molecule has 1 aromatic carbocycles. The van der Waals surface area contributed by atoms with Gasteiger partial charge in [-0.1, -0.05) is 12.1 Å². The van der Waals surface area contributed by atoms with Crippen LogP contribution in [-0.4, -0.2) is 25.2 Å². The van der Waals surface area contributed by atoms with Crippen LogP contribution in [0.4, 0.5) is 0 Å². The van der Waals surface area contributed by atoms with Gasteiger partial charge in [-0.3, -0.25) is 0 Å². The molecule has 0 aliphatic heterocycles. The average molecular weight is 335 g/mol. The van der Waals surface area contributed by atoms with Gasteiger partial charge in [-0.15, -0.1) is 11.3 Å². The van der Waals surface area contributed by atoms with E-state index >= 15 is 0 Å². The van der Waals surface area contributed by atoms with Crippen LogP contribution in [0.25, 0.3) is 26.7 Å². The second kappa shape index (κ2) is 5.72. The minimum Gasteiger partial charge on any atom is -0.238 e. The van der Waals surface area contributed by atoms with E-state index in [1.807, 2.05) is 18.5 Å². The van der Waals surface area contributed by atoms with Gasteiger partial charge in [0.15, 0.2) is 0 Å². The molecule has 24 heavy (non-hydrogen) atoms. The summed E-state index contributed by atoms with van der Waals surface area (Å²) in [7, 11) is 0. The lowest BCUT2D eigenvalue weighted by Crippen LogP contribution is -1.98. The van der Waals surface area contributed by atoms with Crippen molar-refractivity contribution < 1.29 is 0 Å². The summed E-state index contributed by atoms with van der Waals surface area (Å²) in [6.45, 7) is 6.04. The molecule has 3 aromatic heterocycles. The third-order valence-electron chi connectivity index (χ3n) is 3.97. The zero-order valence-corrected chi connectivity index (χ0v) is 14.6. The summed E-state index contributed by atoms with van der Waals surface area (Å²) in [5.74, 6) is 0. The Hall–Kier alpha value is -2.73. The quantitative estimate of drug-likeness (QED) is 0.607. The highest BCUT2D eigenvalue weighted by Gasteiger charge is 2.11. The first-order valence-electron chi connectivity index (χ1n) is 7.73. The Labute approximate surface area is 144 Å². The maximum absolute atomic E-state index is 4.53. The van der Waals surface area contributed by atoms with E-state index in [1.54, 1.807) is 11.3 Å². The minimum absolute atomic E-state index is 0.920.